The van der Waals surface area contributed by atoms with Gasteiger partial charge in [0.1, 0.15) is 6.04 Å². The quantitative estimate of drug-likeness (QED) is 0.765. The molecular weight excluding hydrogens is 266 g/mol. The van der Waals surface area contributed by atoms with Gasteiger partial charge in [0, 0.05) is 17.6 Å². The van der Waals surface area contributed by atoms with Crippen LogP contribution < -0.4 is 16.0 Å². The van der Waals surface area contributed by atoms with Crippen molar-refractivity contribution in [2.45, 2.75) is 25.9 Å². The lowest BCUT2D eigenvalue weighted by molar-refractivity contribution is -0.710. The lowest BCUT2D eigenvalue weighted by atomic mass is 10.1. The molecule has 104 valence electrons. The largest absolute Gasteiger partial charge is 0.341 e. The zero-order chi connectivity index (χ0) is 14.4. The topological polar surface area (TPSA) is 74.8 Å². The summed E-state index contributed by atoms with van der Waals surface area (Å²) in [6.45, 7) is 3.73. The number of benzene rings is 1. The van der Waals surface area contributed by atoms with Crippen LogP contribution in [-0.4, -0.2) is 25.0 Å². The molecule has 2 atom stereocenters. The molecule has 0 aliphatic rings. The van der Waals surface area contributed by atoms with Crippen LogP contribution in [0.4, 0.5) is 4.79 Å². The van der Waals surface area contributed by atoms with Crippen molar-refractivity contribution in [3.63, 3.8) is 0 Å². The molecule has 19 heavy (non-hydrogen) atoms. The minimum atomic E-state index is -0.499. The van der Waals surface area contributed by atoms with Crippen molar-refractivity contribution in [1.82, 2.24) is 10.6 Å². The van der Waals surface area contributed by atoms with Gasteiger partial charge >= 0.3 is 6.03 Å². The Kier molecular flexibility index (Phi) is 5.79. The highest BCUT2D eigenvalue weighted by Crippen LogP contribution is 2.14. The predicted octanol–water partition coefficient (Wildman–Crippen LogP) is 0.808. The van der Waals surface area contributed by atoms with Gasteiger partial charge < -0.3 is 10.6 Å². The Hall–Kier alpha value is -1.59. The average molecular weight is 285 g/mol. The zero-order valence-electron chi connectivity index (χ0n) is 11.2. The summed E-state index contributed by atoms with van der Waals surface area (Å²) < 4.78 is 0. The van der Waals surface area contributed by atoms with Crippen molar-refractivity contribution in [2.75, 3.05) is 7.05 Å². The lowest BCUT2D eigenvalue weighted by Crippen LogP contribution is -2.92. The Morgan fingerprint density at radius 3 is 2.58 bits per heavy atom. The molecular formula is C13H19ClN3O2+. The van der Waals surface area contributed by atoms with E-state index in [-0.39, 0.29) is 18.0 Å². The molecule has 0 radical (unpaired) electrons. The molecule has 0 bridgehead atoms. The maximum Gasteiger partial charge on any atom is 0.321 e. The molecule has 0 unspecified atom stereocenters. The highest BCUT2D eigenvalue weighted by atomic mass is 35.5. The van der Waals surface area contributed by atoms with Crippen molar-refractivity contribution in [3.8, 4) is 0 Å². The van der Waals surface area contributed by atoms with Gasteiger partial charge in [-0.1, -0.05) is 23.7 Å². The number of hydrogen-bond acceptors (Lipinski definition) is 2. The molecule has 0 saturated heterocycles. The van der Waals surface area contributed by atoms with Crippen LogP contribution in [0.5, 0.6) is 0 Å². The molecule has 0 spiro atoms. The normalized spacial score (nSPS) is 13.5. The van der Waals surface area contributed by atoms with Gasteiger partial charge in [0.15, 0.2) is 6.04 Å². The molecule has 0 aliphatic carbocycles. The molecule has 3 amide bonds. The first-order chi connectivity index (χ1) is 8.93. The Balaban J connectivity index is 2.58. The summed E-state index contributed by atoms with van der Waals surface area (Å²) >= 11 is 5.93. The van der Waals surface area contributed by atoms with Gasteiger partial charge in [0.05, 0.1) is 0 Å². The van der Waals surface area contributed by atoms with Gasteiger partial charge in [-0.3, -0.25) is 10.1 Å². The average Bonchev–Trinajstić information content (AvgIpc) is 2.38. The summed E-state index contributed by atoms with van der Waals surface area (Å²) in [7, 11) is 1.46. The van der Waals surface area contributed by atoms with E-state index >= 15 is 0 Å². The Morgan fingerprint density at radius 1 is 1.32 bits per heavy atom. The third-order valence-corrected chi connectivity index (χ3v) is 3.06. The summed E-state index contributed by atoms with van der Waals surface area (Å²) in [6.07, 6.45) is 0. The molecule has 5 nitrogen and oxygen atoms in total. The van der Waals surface area contributed by atoms with E-state index in [4.69, 9.17) is 11.6 Å². The summed E-state index contributed by atoms with van der Waals surface area (Å²) in [5.41, 5.74) is 1.03. The first-order valence-corrected chi connectivity index (χ1v) is 6.45. The van der Waals surface area contributed by atoms with Gasteiger partial charge in [0.25, 0.3) is 5.91 Å². The molecule has 0 aromatic heterocycles. The zero-order valence-corrected chi connectivity index (χ0v) is 12.0. The van der Waals surface area contributed by atoms with Gasteiger partial charge in [-0.15, -0.1) is 0 Å². The second-order valence-electron chi connectivity index (χ2n) is 4.39. The van der Waals surface area contributed by atoms with E-state index in [1.54, 1.807) is 13.0 Å². The van der Waals surface area contributed by atoms with Crippen LogP contribution in [0.25, 0.3) is 0 Å². The van der Waals surface area contributed by atoms with Crippen LogP contribution in [-0.2, 0) is 4.79 Å². The second-order valence-corrected chi connectivity index (χ2v) is 4.83. The number of carbonyl (C=O) groups is 2. The molecule has 4 N–H and O–H groups in total. The molecule has 0 saturated carbocycles. The summed E-state index contributed by atoms with van der Waals surface area (Å²) in [4.78, 5) is 22.8. The minimum Gasteiger partial charge on any atom is -0.341 e. The highest BCUT2D eigenvalue weighted by Gasteiger charge is 2.21. The van der Waals surface area contributed by atoms with E-state index in [9.17, 15) is 9.59 Å². The SMILES string of the molecule is CNC(=O)NC(=O)[C@H](C)[NH2+][C@@H](C)c1cccc(Cl)c1. The summed E-state index contributed by atoms with van der Waals surface area (Å²) in [5, 5.41) is 7.14. The standard InChI is InChI=1S/C13H18ClN3O2/c1-8(10-5-4-6-11(14)7-10)16-9(2)12(18)17-13(19)15-3/h4-9,16H,1-3H3,(H2,15,17,18,19)/p+1/t8-,9-/m0/s1. The number of amides is 3. The number of nitrogens with one attached hydrogen (secondary N) is 2. The van der Waals surface area contributed by atoms with Gasteiger partial charge in [-0.05, 0) is 26.0 Å². The van der Waals surface area contributed by atoms with Gasteiger partial charge in [0.2, 0.25) is 0 Å². The fraction of sp³-hybridized carbons (Fsp3) is 0.385. The van der Waals surface area contributed by atoms with Crippen LogP contribution in [0.1, 0.15) is 25.5 Å². The number of nitrogens with two attached hydrogens (primary N) is 1. The van der Waals surface area contributed by atoms with Crippen LogP contribution in [0.15, 0.2) is 24.3 Å². The van der Waals surface area contributed by atoms with Crippen LogP contribution in [0.2, 0.25) is 5.02 Å². The monoisotopic (exact) mass is 284 g/mol. The Morgan fingerprint density at radius 2 is 2.00 bits per heavy atom. The smallest absolute Gasteiger partial charge is 0.321 e. The number of urea groups is 1. The molecule has 1 aromatic rings. The van der Waals surface area contributed by atoms with E-state index in [1.807, 2.05) is 30.4 Å². The van der Waals surface area contributed by atoms with E-state index in [0.29, 0.717) is 5.02 Å². The van der Waals surface area contributed by atoms with E-state index < -0.39 is 6.03 Å². The van der Waals surface area contributed by atoms with Crippen molar-refractivity contribution in [1.29, 1.82) is 0 Å². The first-order valence-electron chi connectivity index (χ1n) is 6.07. The maximum atomic E-state index is 11.7. The molecule has 6 heteroatoms. The number of quaternary nitrogens is 1. The van der Waals surface area contributed by atoms with E-state index in [1.165, 1.54) is 7.05 Å². The number of halogens is 1. The number of rotatable bonds is 4. The Bertz CT molecular complexity index is 465. The summed E-state index contributed by atoms with van der Waals surface area (Å²) in [6, 6.07) is 6.70. The molecule has 0 heterocycles. The highest BCUT2D eigenvalue weighted by molar-refractivity contribution is 6.30. The van der Waals surface area contributed by atoms with Crippen LogP contribution in [0.3, 0.4) is 0 Å². The maximum absolute atomic E-state index is 11.7. The second kappa shape index (κ2) is 7.11. The lowest BCUT2D eigenvalue weighted by Gasteiger charge is -2.16. The minimum absolute atomic E-state index is 0.0733. The van der Waals surface area contributed by atoms with Crippen LogP contribution in [0, 0.1) is 0 Å². The van der Waals surface area contributed by atoms with Crippen molar-refractivity contribution >= 4 is 23.5 Å². The third-order valence-electron chi connectivity index (χ3n) is 2.83. The Labute approximate surface area is 117 Å². The predicted molar refractivity (Wildman–Crippen MR) is 73.9 cm³/mol. The van der Waals surface area contributed by atoms with Crippen molar-refractivity contribution in [3.05, 3.63) is 34.9 Å². The molecule has 1 rings (SSSR count). The number of hydrogen-bond donors (Lipinski definition) is 3. The fourth-order valence-corrected chi connectivity index (χ4v) is 1.91. The van der Waals surface area contributed by atoms with Crippen molar-refractivity contribution in [2.24, 2.45) is 0 Å². The van der Waals surface area contributed by atoms with Gasteiger partial charge in [-0.25, -0.2) is 4.79 Å². The molecule has 1 aromatic carbocycles. The number of imide groups is 1. The van der Waals surface area contributed by atoms with E-state index in [2.05, 4.69) is 10.6 Å². The first kappa shape index (κ1) is 15.5. The third kappa shape index (κ3) is 4.89. The van der Waals surface area contributed by atoms with Crippen molar-refractivity contribution < 1.29 is 14.9 Å². The fourth-order valence-electron chi connectivity index (χ4n) is 1.71. The van der Waals surface area contributed by atoms with Crippen LogP contribution >= 0.6 is 11.6 Å². The number of carbonyl (C=O) groups excluding carboxylic acids is 2. The molecule has 0 aliphatic heterocycles. The van der Waals surface area contributed by atoms with Gasteiger partial charge in [-0.2, -0.15) is 0 Å². The summed E-state index contributed by atoms with van der Waals surface area (Å²) in [5.74, 6) is -0.326. The van der Waals surface area contributed by atoms with E-state index in [0.717, 1.165) is 5.56 Å². The molecule has 0 fully saturated rings.